The predicted molar refractivity (Wildman–Crippen MR) is 65.5 cm³/mol. The van der Waals surface area contributed by atoms with Gasteiger partial charge in [0.05, 0.1) is 0 Å². The van der Waals surface area contributed by atoms with Crippen molar-refractivity contribution in [1.29, 1.82) is 0 Å². The number of nitrogens with one attached hydrogen (secondary N) is 1. The van der Waals surface area contributed by atoms with Crippen LogP contribution in [0.3, 0.4) is 0 Å². The van der Waals surface area contributed by atoms with Crippen LogP contribution >= 0.6 is 0 Å². The molecular formula is C14H17Cl2NZr. The van der Waals surface area contributed by atoms with Gasteiger partial charge in [-0.1, -0.05) is 0 Å². The fourth-order valence-corrected chi connectivity index (χ4v) is 5.35. The van der Waals surface area contributed by atoms with Gasteiger partial charge in [-0.3, -0.25) is 0 Å². The van der Waals surface area contributed by atoms with Gasteiger partial charge in [-0.25, -0.2) is 0 Å². The molecule has 1 aromatic heterocycles. The van der Waals surface area contributed by atoms with E-state index in [-0.39, 0.29) is 30.2 Å². The summed E-state index contributed by atoms with van der Waals surface area (Å²) in [5, 5.41) is 0. The maximum Gasteiger partial charge on any atom is -1.00 e. The molecule has 1 aromatic rings. The van der Waals surface area contributed by atoms with Crippen LogP contribution in [-0.2, 0) is 28.6 Å². The summed E-state index contributed by atoms with van der Waals surface area (Å²) in [5.41, 5.74) is 2.92. The Balaban J connectivity index is 0.00000144. The third kappa shape index (κ3) is 3.98. The van der Waals surface area contributed by atoms with Gasteiger partial charge >= 0.3 is 109 Å². The minimum atomic E-state index is -0.709. The Hall–Kier alpha value is -0.0369. The van der Waals surface area contributed by atoms with Crippen LogP contribution in [0, 0.1) is 0 Å². The quantitative estimate of drug-likeness (QED) is 0.580. The Morgan fingerprint density at radius 3 is 2.39 bits per heavy atom. The third-order valence-corrected chi connectivity index (χ3v) is 6.21. The van der Waals surface area contributed by atoms with E-state index in [1.165, 1.54) is 17.8 Å². The van der Waals surface area contributed by atoms with Crippen molar-refractivity contribution < 1.29 is 48.0 Å². The Morgan fingerprint density at radius 2 is 1.89 bits per heavy atom. The molecule has 2 rings (SSSR count). The van der Waals surface area contributed by atoms with Crippen molar-refractivity contribution >= 4 is 3.40 Å². The zero-order chi connectivity index (χ0) is 11.8. The molecule has 18 heavy (non-hydrogen) atoms. The molecular weight excluding hydrogens is 344 g/mol. The number of halogens is 2. The summed E-state index contributed by atoms with van der Waals surface area (Å²) in [6.45, 7) is 10.9. The Bertz CT molecular complexity index is 478. The number of hydrogen-bond acceptors (Lipinski definition) is 0. The normalized spacial score (nSPS) is 13.5. The van der Waals surface area contributed by atoms with Crippen LogP contribution in [-0.4, -0.2) is 4.98 Å². The maximum absolute atomic E-state index is 4.08. The second-order valence-electron chi connectivity index (χ2n) is 5.11. The minimum Gasteiger partial charge on any atom is -1.00 e. The number of H-pyrrole nitrogens is 1. The molecule has 0 amide bonds. The van der Waals surface area contributed by atoms with Gasteiger partial charge in [0.2, 0.25) is 0 Å². The molecule has 1 heterocycles. The Labute approximate surface area is 133 Å². The van der Waals surface area contributed by atoms with Crippen molar-refractivity contribution in [2.75, 3.05) is 0 Å². The van der Waals surface area contributed by atoms with Gasteiger partial charge in [0.1, 0.15) is 0 Å². The largest absolute Gasteiger partial charge is 1.00 e. The summed E-state index contributed by atoms with van der Waals surface area (Å²) >= 11 is -0.709. The van der Waals surface area contributed by atoms with Crippen LogP contribution < -0.4 is 28.2 Å². The molecule has 0 atom stereocenters. The first-order chi connectivity index (χ1) is 7.48. The molecule has 0 aliphatic heterocycles. The average Bonchev–Trinajstić information content (AvgIpc) is 2.76. The topological polar surface area (TPSA) is 15.8 Å². The molecule has 0 spiro atoms. The first-order valence-corrected chi connectivity index (χ1v) is 7.97. The van der Waals surface area contributed by atoms with Crippen molar-refractivity contribution in [1.82, 2.24) is 4.98 Å². The molecule has 96 valence electrons. The van der Waals surface area contributed by atoms with Crippen LogP contribution in [0.1, 0.15) is 26.3 Å². The smallest absolute Gasteiger partial charge is 1.00 e. The monoisotopic (exact) mass is 359 g/mol. The fraction of sp³-hybridized carbons (Fsp3) is 0.286. The molecule has 0 saturated carbocycles. The van der Waals surface area contributed by atoms with Crippen LogP contribution in [0.5, 0.6) is 0 Å². The molecule has 0 bridgehead atoms. The molecule has 4 heteroatoms. The van der Waals surface area contributed by atoms with E-state index in [4.69, 9.17) is 0 Å². The van der Waals surface area contributed by atoms with E-state index in [2.05, 4.69) is 62.8 Å². The van der Waals surface area contributed by atoms with Crippen LogP contribution in [0.2, 0.25) is 0 Å². The van der Waals surface area contributed by atoms with Gasteiger partial charge in [0.25, 0.3) is 0 Å². The van der Waals surface area contributed by atoms with Crippen molar-refractivity contribution in [2.45, 2.75) is 26.2 Å². The number of aromatic nitrogens is 1. The van der Waals surface area contributed by atoms with E-state index < -0.39 is 23.2 Å². The van der Waals surface area contributed by atoms with Gasteiger partial charge in [-0.2, -0.15) is 0 Å². The van der Waals surface area contributed by atoms with E-state index in [1.54, 1.807) is 0 Å². The molecule has 0 fully saturated rings. The molecule has 0 radical (unpaired) electrons. The summed E-state index contributed by atoms with van der Waals surface area (Å²) in [6.07, 6.45) is 8.51. The molecule has 1 N–H and O–H groups in total. The first kappa shape index (κ1) is 18.0. The van der Waals surface area contributed by atoms with Crippen molar-refractivity contribution in [3.8, 4) is 0 Å². The molecule has 1 aliphatic rings. The predicted octanol–water partition coefficient (Wildman–Crippen LogP) is -2.96. The minimum absolute atomic E-state index is 0. The molecule has 1 aliphatic carbocycles. The Morgan fingerprint density at radius 1 is 1.22 bits per heavy atom. The van der Waals surface area contributed by atoms with E-state index in [0.29, 0.717) is 0 Å². The fourth-order valence-electron chi connectivity index (χ4n) is 1.81. The molecule has 1 nitrogen and oxygen atoms in total. The summed E-state index contributed by atoms with van der Waals surface area (Å²) in [5.74, 6) is 0. The summed E-state index contributed by atoms with van der Waals surface area (Å²) in [6, 6.07) is 2.22. The van der Waals surface area contributed by atoms with Gasteiger partial charge in [-0.15, -0.1) is 0 Å². The van der Waals surface area contributed by atoms with Crippen LogP contribution in [0.4, 0.5) is 0 Å². The second kappa shape index (κ2) is 6.94. The van der Waals surface area contributed by atoms with Gasteiger partial charge in [0, 0.05) is 0 Å². The summed E-state index contributed by atoms with van der Waals surface area (Å²) in [7, 11) is 0. The number of aromatic amines is 1. The Kier molecular flexibility index (Phi) is 6.92. The first-order valence-electron chi connectivity index (χ1n) is 5.51. The van der Waals surface area contributed by atoms with Crippen molar-refractivity contribution in [3.63, 3.8) is 0 Å². The number of hydrogen-bond donors (Lipinski definition) is 1. The standard InChI is InChI=1S/C8H12N.C6H5.2ClH.Zr/c1-8(2,3)7-4-5-9-6-7;1-6-4-2-3-5-6;;;/h4-5,9H,1-3H3;2-4H,1H2;2*1H;/q;;;;+2/p-2. The van der Waals surface area contributed by atoms with E-state index in [1.807, 2.05) is 0 Å². The third-order valence-electron chi connectivity index (χ3n) is 2.72. The van der Waals surface area contributed by atoms with E-state index >= 15 is 0 Å². The summed E-state index contributed by atoms with van der Waals surface area (Å²) < 4.78 is 2.96. The maximum atomic E-state index is 4.08. The van der Waals surface area contributed by atoms with Gasteiger partial charge < -0.3 is 24.8 Å². The average molecular weight is 361 g/mol. The zero-order valence-corrected chi connectivity index (χ0v) is 14.8. The van der Waals surface area contributed by atoms with E-state index in [9.17, 15) is 0 Å². The zero-order valence-electron chi connectivity index (χ0n) is 10.8. The molecule has 0 unspecified atom stereocenters. The van der Waals surface area contributed by atoms with Crippen LogP contribution in [0.15, 0.2) is 45.9 Å². The van der Waals surface area contributed by atoms with Gasteiger partial charge in [0.15, 0.2) is 0 Å². The molecule has 0 saturated heterocycles. The van der Waals surface area contributed by atoms with Crippen LogP contribution in [0.25, 0.3) is 0 Å². The van der Waals surface area contributed by atoms with Gasteiger partial charge in [-0.05, 0) is 0 Å². The number of allylic oxidation sites excluding steroid dienone is 5. The summed E-state index contributed by atoms with van der Waals surface area (Å²) in [4.78, 5) is 3.43. The second-order valence-corrected chi connectivity index (χ2v) is 8.27. The van der Waals surface area contributed by atoms with E-state index in [0.717, 1.165) is 0 Å². The number of rotatable bonds is 2. The van der Waals surface area contributed by atoms with Crippen molar-refractivity contribution in [2.24, 2.45) is 0 Å². The van der Waals surface area contributed by atoms with Crippen molar-refractivity contribution in [3.05, 3.63) is 51.5 Å². The molecule has 0 aromatic carbocycles. The SMILES string of the molecule is C=C1C=CC=[C]1[Zr+2][c]1[nH]ccc1C(C)(C)C.[Cl-].[Cl-].